The van der Waals surface area contributed by atoms with Gasteiger partial charge in [0.1, 0.15) is 5.75 Å². The monoisotopic (exact) mass is 458 g/mol. The van der Waals surface area contributed by atoms with Crippen molar-refractivity contribution in [1.29, 1.82) is 0 Å². The minimum atomic E-state index is -0.359. The number of nitrogens with zero attached hydrogens (tertiary/aromatic N) is 2. The summed E-state index contributed by atoms with van der Waals surface area (Å²) in [5, 5.41) is 5.50. The third kappa shape index (κ3) is 5.53. The van der Waals surface area contributed by atoms with Crippen LogP contribution in [0.3, 0.4) is 0 Å². The van der Waals surface area contributed by atoms with E-state index in [0.717, 1.165) is 0 Å². The van der Waals surface area contributed by atoms with E-state index in [9.17, 15) is 14.4 Å². The van der Waals surface area contributed by atoms with E-state index < -0.39 is 0 Å². The number of anilines is 2. The molecule has 1 fully saturated rings. The number of hydrogen-bond donors (Lipinski definition) is 2. The fourth-order valence-corrected chi connectivity index (χ4v) is 3.74. The van der Waals surface area contributed by atoms with Crippen LogP contribution in [0.5, 0.6) is 5.75 Å². The molecular formula is C26H26N4O4. The summed E-state index contributed by atoms with van der Waals surface area (Å²) in [6, 6.07) is 22.6. The van der Waals surface area contributed by atoms with Crippen LogP contribution in [0.1, 0.15) is 20.7 Å². The maximum Gasteiger partial charge on any atom is 0.323 e. The predicted molar refractivity (Wildman–Crippen MR) is 130 cm³/mol. The summed E-state index contributed by atoms with van der Waals surface area (Å²) in [6.07, 6.45) is 0. The van der Waals surface area contributed by atoms with Gasteiger partial charge in [-0.2, -0.15) is 0 Å². The first-order valence-corrected chi connectivity index (χ1v) is 11.0. The molecule has 4 rings (SSSR count). The van der Waals surface area contributed by atoms with Gasteiger partial charge in [0.15, 0.2) is 0 Å². The van der Waals surface area contributed by atoms with Crippen molar-refractivity contribution < 1.29 is 19.1 Å². The van der Waals surface area contributed by atoms with E-state index in [1.54, 1.807) is 77.6 Å². The standard InChI is InChI=1S/C26H26N4O4/c1-34-23-9-5-6-20(18-23)25(32)30-16-14-29(15-17-30)24(31)19-10-12-22(13-11-19)28-26(33)27-21-7-3-2-4-8-21/h2-13,18H,14-17H2,1H3,(H2,27,28,33). The molecule has 0 unspecified atom stereocenters. The summed E-state index contributed by atoms with van der Waals surface area (Å²) in [6.45, 7) is 1.82. The van der Waals surface area contributed by atoms with Gasteiger partial charge in [-0.15, -0.1) is 0 Å². The van der Waals surface area contributed by atoms with Crippen molar-refractivity contribution in [2.45, 2.75) is 0 Å². The summed E-state index contributed by atoms with van der Waals surface area (Å²) in [4.78, 5) is 41.3. The number of ether oxygens (including phenoxy) is 1. The number of nitrogens with one attached hydrogen (secondary N) is 2. The van der Waals surface area contributed by atoms with Crippen molar-refractivity contribution in [2.24, 2.45) is 0 Å². The van der Waals surface area contributed by atoms with Crippen molar-refractivity contribution in [2.75, 3.05) is 43.9 Å². The zero-order valence-corrected chi connectivity index (χ0v) is 18.9. The van der Waals surface area contributed by atoms with Crippen LogP contribution in [0, 0.1) is 0 Å². The number of amides is 4. The van der Waals surface area contributed by atoms with Crippen LogP contribution in [-0.4, -0.2) is 60.9 Å². The largest absolute Gasteiger partial charge is 0.497 e. The first-order chi connectivity index (χ1) is 16.5. The quantitative estimate of drug-likeness (QED) is 0.606. The Morgan fingerprint density at radius 1 is 0.676 bits per heavy atom. The first kappa shape index (κ1) is 22.8. The Kier molecular flexibility index (Phi) is 7.07. The second kappa shape index (κ2) is 10.5. The molecule has 34 heavy (non-hydrogen) atoms. The molecule has 4 amide bonds. The average Bonchev–Trinajstić information content (AvgIpc) is 2.89. The summed E-state index contributed by atoms with van der Waals surface area (Å²) in [7, 11) is 1.57. The highest BCUT2D eigenvalue weighted by molar-refractivity contribution is 6.00. The lowest BCUT2D eigenvalue weighted by molar-refractivity contribution is 0.0535. The number of carbonyl (C=O) groups excluding carboxylic acids is 3. The number of hydrogen-bond acceptors (Lipinski definition) is 4. The lowest BCUT2D eigenvalue weighted by Crippen LogP contribution is -2.50. The second-order valence-corrected chi connectivity index (χ2v) is 7.84. The lowest BCUT2D eigenvalue weighted by atomic mass is 10.1. The minimum Gasteiger partial charge on any atom is -0.497 e. The molecule has 0 radical (unpaired) electrons. The molecular weight excluding hydrogens is 432 g/mol. The van der Waals surface area contributed by atoms with Crippen LogP contribution < -0.4 is 15.4 Å². The Bertz CT molecular complexity index is 1160. The molecule has 3 aromatic carbocycles. The van der Waals surface area contributed by atoms with Gasteiger partial charge in [0, 0.05) is 48.7 Å². The Labute approximate surface area is 198 Å². The third-order valence-corrected chi connectivity index (χ3v) is 5.59. The van der Waals surface area contributed by atoms with E-state index in [0.29, 0.717) is 54.4 Å². The fourth-order valence-electron chi connectivity index (χ4n) is 3.74. The smallest absolute Gasteiger partial charge is 0.323 e. The average molecular weight is 459 g/mol. The normalized spacial score (nSPS) is 13.2. The molecule has 1 aliphatic rings. The SMILES string of the molecule is COc1cccc(C(=O)N2CCN(C(=O)c3ccc(NC(=O)Nc4ccccc4)cc3)CC2)c1. The Morgan fingerprint density at radius 2 is 1.24 bits per heavy atom. The molecule has 8 heteroatoms. The Morgan fingerprint density at radius 3 is 1.82 bits per heavy atom. The van der Waals surface area contributed by atoms with E-state index >= 15 is 0 Å². The van der Waals surface area contributed by atoms with Crippen molar-refractivity contribution in [3.63, 3.8) is 0 Å². The number of rotatable bonds is 5. The number of methoxy groups -OCH3 is 1. The fraction of sp³-hybridized carbons (Fsp3) is 0.192. The molecule has 2 N–H and O–H groups in total. The Balaban J connectivity index is 1.29. The van der Waals surface area contributed by atoms with Gasteiger partial charge in [0.25, 0.3) is 11.8 Å². The molecule has 1 saturated heterocycles. The second-order valence-electron chi connectivity index (χ2n) is 7.84. The third-order valence-electron chi connectivity index (χ3n) is 5.59. The van der Waals surface area contributed by atoms with Gasteiger partial charge < -0.3 is 25.2 Å². The van der Waals surface area contributed by atoms with E-state index in [2.05, 4.69) is 10.6 Å². The van der Waals surface area contributed by atoms with E-state index in [1.165, 1.54) is 0 Å². The zero-order chi connectivity index (χ0) is 23.9. The number of benzene rings is 3. The van der Waals surface area contributed by atoms with E-state index in [-0.39, 0.29) is 17.8 Å². The molecule has 0 bridgehead atoms. The predicted octanol–water partition coefficient (Wildman–Crippen LogP) is 3.94. The Hall–Kier alpha value is -4.33. The van der Waals surface area contributed by atoms with E-state index in [4.69, 9.17) is 4.74 Å². The molecule has 0 aliphatic carbocycles. The lowest BCUT2D eigenvalue weighted by Gasteiger charge is -2.35. The maximum atomic E-state index is 12.9. The van der Waals surface area contributed by atoms with Crippen LogP contribution in [-0.2, 0) is 0 Å². The number of piperazine rings is 1. The molecule has 1 aliphatic heterocycles. The highest BCUT2D eigenvalue weighted by Crippen LogP contribution is 2.17. The van der Waals surface area contributed by atoms with Crippen LogP contribution in [0.2, 0.25) is 0 Å². The highest BCUT2D eigenvalue weighted by Gasteiger charge is 2.25. The van der Waals surface area contributed by atoms with Gasteiger partial charge in [-0.05, 0) is 54.6 Å². The molecule has 0 saturated carbocycles. The highest BCUT2D eigenvalue weighted by atomic mass is 16.5. The summed E-state index contributed by atoms with van der Waals surface area (Å²) in [5.41, 5.74) is 2.37. The molecule has 0 atom stereocenters. The summed E-state index contributed by atoms with van der Waals surface area (Å²) >= 11 is 0. The topological polar surface area (TPSA) is 91.0 Å². The van der Waals surface area contributed by atoms with Crippen molar-refractivity contribution in [3.8, 4) is 5.75 Å². The molecule has 0 spiro atoms. The van der Waals surface area contributed by atoms with Crippen LogP contribution in [0.25, 0.3) is 0 Å². The molecule has 1 heterocycles. The van der Waals surface area contributed by atoms with Gasteiger partial charge >= 0.3 is 6.03 Å². The zero-order valence-electron chi connectivity index (χ0n) is 18.9. The van der Waals surface area contributed by atoms with E-state index in [1.807, 2.05) is 18.2 Å². The number of urea groups is 1. The van der Waals surface area contributed by atoms with Gasteiger partial charge in [0.2, 0.25) is 0 Å². The van der Waals surface area contributed by atoms with Crippen molar-refractivity contribution in [3.05, 3.63) is 90.0 Å². The number of carbonyl (C=O) groups is 3. The molecule has 3 aromatic rings. The number of para-hydroxylation sites is 1. The molecule has 8 nitrogen and oxygen atoms in total. The van der Waals surface area contributed by atoms with Gasteiger partial charge in [0.05, 0.1) is 7.11 Å². The molecule has 174 valence electrons. The van der Waals surface area contributed by atoms with Crippen LogP contribution in [0.4, 0.5) is 16.2 Å². The van der Waals surface area contributed by atoms with Gasteiger partial charge in [-0.25, -0.2) is 4.79 Å². The maximum absolute atomic E-state index is 12.9. The van der Waals surface area contributed by atoms with Crippen molar-refractivity contribution >= 4 is 29.2 Å². The molecule has 0 aromatic heterocycles. The summed E-state index contributed by atoms with van der Waals surface area (Å²) < 4.78 is 5.20. The van der Waals surface area contributed by atoms with Crippen LogP contribution >= 0.6 is 0 Å². The van der Waals surface area contributed by atoms with Gasteiger partial charge in [-0.3, -0.25) is 9.59 Å². The van der Waals surface area contributed by atoms with Crippen molar-refractivity contribution in [1.82, 2.24) is 9.80 Å². The first-order valence-electron chi connectivity index (χ1n) is 11.0. The minimum absolute atomic E-state index is 0.0739. The van der Waals surface area contributed by atoms with Crippen LogP contribution in [0.15, 0.2) is 78.9 Å². The summed E-state index contributed by atoms with van der Waals surface area (Å²) in [5.74, 6) is 0.458. The van der Waals surface area contributed by atoms with Gasteiger partial charge in [-0.1, -0.05) is 24.3 Å².